The van der Waals surface area contributed by atoms with Crippen LogP contribution in [0.4, 0.5) is 0 Å². The summed E-state index contributed by atoms with van der Waals surface area (Å²) in [7, 11) is 0. The van der Waals surface area contributed by atoms with Gasteiger partial charge in [-0.25, -0.2) is 4.79 Å². The Morgan fingerprint density at radius 2 is 1.42 bits per heavy atom. The molecule has 4 aromatic rings. The van der Waals surface area contributed by atoms with Crippen LogP contribution in [-0.4, -0.2) is 17.1 Å². The average molecular weight is 361 g/mol. The van der Waals surface area contributed by atoms with Crippen molar-refractivity contribution in [2.45, 2.75) is 17.9 Å². The van der Waals surface area contributed by atoms with Crippen LogP contribution in [0.2, 0.25) is 0 Å². The Balaban J connectivity index is 1.48. The molecule has 1 aromatic heterocycles. The molecule has 4 rings (SSSR count). The highest BCUT2D eigenvalue weighted by Crippen LogP contribution is 2.28. The summed E-state index contributed by atoms with van der Waals surface area (Å²) in [6, 6.07) is 24.0. The summed E-state index contributed by atoms with van der Waals surface area (Å²) in [5.41, 5.74) is 2.93. The number of carbonyl (C=O) groups is 1. The first kappa shape index (κ1) is 16.7. The normalized spacial score (nSPS) is 11.1. The fourth-order valence-electron chi connectivity index (χ4n) is 3.36. The van der Waals surface area contributed by atoms with E-state index in [0.717, 1.165) is 13.0 Å². The van der Waals surface area contributed by atoms with Crippen LogP contribution in [0.15, 0.2) is 77.7 Å². The van der Waals surface area contributed by atoms with Gasteiger partial charge in [0.2, 0.25) is 0 Å². The third-order valence-corrected chi connectivity index (χ3v) is 4.95. The van der Waals surface area contributed by atoms with Crippen LogP contribution < -0.4 is 0 Å². The zero-order valence-corrected chi connectivity index (χ0v) is 15.2. The van der Waals surface area contributed by atoms with Crippen molar-refractivity contribution >= 4 is 40.4 Å². The number of ether oxygens (including phenoxy) is 1. The van der Waals surface area contributed by atoms with Crippen molar-refractivity contribution in [1.82, 2.24) is 4.57 Å². The number of hydrogen-bond donors (Lipinski definition) is 1. The van der Waals surface area contributed by atoms with Gasteiger partial charge >= 0.3 is 5.97 Å². The average Bonchev–Trinajstić information content (AvgIpc) is 2.99. The van der Waals surface area contributed by atoms with E-state index >= 15 is 0 Å². The molecule has 4 heteroatoms. The lowest BCUT2D eigenvalue weighted by Crippen LogP contribution is -2.09. The first-order valence-electron chi connectivity index (χ1n) is 8.67. The molecule has 0 saturated carbocycles. The molecule has 1 heterocycles. The molecule has 0 bridgehead atoms. The third-order valence-electron chi connectivity index (χ3n) is 4.56. The van der Waals surface area contributed by atoms with E-state index in [4.69, 9.17) is 4.74 Å². The Bertz CT molecular complexity index is 1030. The van der Waals surface area contributed by atoms with Gasteiger partial charge in [-0.2, -0.15) is 0 Å². The standard InChI is InChI=1S/C22H19NO2S/c24-22(18-10-3-6-13-21(18)26)25-15-7-14-23-19-11-4-1-8-16(19)17-9-2-5-12-20(17)23/h1-6,8-13,26H,7,14-15H2. The van der Waals surface area contributed by atoms with Crippen LogP contribution in [0.1, 0.15) is 16.8 Å². The van der Waals surface area contributed by atoms with E-state index in [9.17, 15) is 4.79 Å². The molecule has 0 aliphatic carbocycles. The minimum absolute atomic E-state index is 0.321. The van der Waals surface area contributed by atoms with Gasteiger partial charge < -0.3 is 9.30 Å². The number of aromatic nitrogens is 1. The van der Waals surface area contributed by atoms with Crippen molar-refractivity contribution in [3.63, 3.8) is 0 Å². The molecule has 0 radical (unpaired) electrons. The molecule has 0 spiro atoms. The van der Waals surface area contributed by atoms with Crippen molar-refractivity contribution in [3.05, 3.63) is 78.4 Å². The highest BCUT2D eigenvalue weighted by atomic mass is 32.1. The Morgan fingerprint density at radius 3 is 2.08 bits per heavy atom. The number of rotatable bonds is 5. The van der Waals surface area contributed by atoms with E-state index in [1.807, 2.05) is 12.1 Å². The van der Waals surface area contributed by atoms with E-state index in [-0.39, 0.29) is 5.97 Å². The van der Waals surface area contributed by atoms with Crippen LogP contribution in [0.3, 0.4) is 0 Å². The quantitative estimate of drug-likeness (QED) is 0.296. The molecule has 0 amide bonds. The lowest BCUT2D eigenvalue weighted by atomic mass is 10.2. The second-order valence-corrected chi connectivity index (χ2v) is 6.67. The zero-order valence-electron chi connectivity index (χ0n) is 14.3. The lowest BCUT2D eigenvalue weighted by Gasteiger charge is -2.09. The minimum atomic E-state index is -0.321. The molecule has 0 saturated heterocycles. The first-order valence-corrected chi connectivity index (χ1v) is 9.11. The van der Waals surface area contributed by atoms with Crippen molar-refractivity contribution in [2.24, 2.45) is 0 Å². The number of hydrogen-bond acceptors (Lipinski definition) is 3. The van der Waals surface area contributed by atoms with Gasteiger partial charge in [-0.15, -0.1) is 12.6 Å². The number of nitrogens with zero attached hydrogens (tertiary/aromatic N) is 1. The number of para-hydroxylation sites is 2. The molecule has 3 nitrogen and oxygen atoms in total. The van der Waals surface area contributed by atoms with E-state index in [1.165, 1.54) is 21.8 Å². The van der Waals surface area contributed by atoms with Crippen molar-refractivity contribution in [2.75, 3.05) is 6.61 Å². The SMILES string of the molecule is O=C(OCCCn1c2ccccc2c2ccccc21)c1ccccc1S. The number of fused-ring (bicyclic) bond motifs is 3. The number of esters is 1. The van der Waals surface area contributed by atoms with Crippen LogP contribution in [0.5, 0.6) is 0 Å². The van der Waals surface area contributed by atoms with E-state index in [0.29, 0.717) is 17.1 Å². The Kier molecular flexibility index (Phi) is 4.67. The molecule has 0 aliphatic heterocycles. The van der Waals surface area contributed by atoms with Gasteiger partial charge in [-0.3, -0.25) is 0 Å². The van der Waals surface area contributed by atoms with Crippen LogP contribution in [0.25, 0.3) is 21.8 Å². The Morgan fingerprint density at radius 1 is 0.846 bits per heavy atom. The largest absolute Gasteiger partial charge is 0.462 e. The number of thiol groups is 1. The molecule has 0 fully saturated rings. The lowest BCUT2D eigenvalue weighted by molar-refractivity contribution is 0.0492. The van der Waals surface area contributed by atoms with Gasteiger partial charge in [0, 0.05) is 33.2 Å². The van der Waals surface area contributed by atoms with E-state index in [2.05, 4.69) is 65.7 Å². The van der Waals surface area contributed by atoms with Crippen molar-refractivity contribution < 1.29 is 9.53 Å². The molecule has 0 atom stereocenters. The zero-order chi connectivity index (χ0) is 17.9. The maximum atomic E-state index is 12.2. The molecule has 26 heavy (non-hydrogen) atoms. The second-order valence-electron chi connectivity index (χ2n) is 6.19. The maximum Gasteiger partial charge on any atom is 0.339 e. The monoisotopic (exact) mass is 361 g/mol. The maximum absolute atomic E-state index is 12.2. The molecule has 130 valence electrons. The second kappa shape index (κ2) is 7.26. The summed E-state index contributed by atoms with van der Waals surface area (Å²) >= 11 is 4.31. The summed E-state index contributed by atoms with van der Waals surface area (Å²) in [6.45, 7) is 1.17. The van der Waals surface area contributed by atoms with Gasteiger partial charge in [0.05, 0.1) is 12.2 Å². The van der Waals surface area contributed by atoms with Crippen molar-refractivity contribution in [1.29, 1.82) is 0 Å². The highest BCUT2D eigenvalue weighted by Gasteiger charge is 2.11. The van der Waals surface area contributed by atoms with Gasteiger partial charge in [0.1, 0.15) is 0 Å². The fraction of sp³-hybridized carbons (Fsp3) is 0.136. The van der Waals surface area contributed by atoms with Crippen LogP contribution >= 0.6 is 12.6 Å². The summed E-state index contributed by atoms with van der Waals surface area (Å²) in [4.78, 5) is 12.8. The van der Waals surface area contributed by atoms with E-state index < -0.39 is 0 Å². The molecule has 3 aromatic carbocycles. The first-order chi connectivity index (χ1) is 12.8. The summed E-state index contributed by atoms with van der Waals surface area (Å²) in [5.74, 6) is -0.321. The molecular formula is C22H19NO2S. The topological polar surface area (TPSA) is 31.2 Å². The number of carbonyl (C=O) groups excluding carboxylic acids is 1. The van der Waals surface area contributed by atoms with Gasteiger partial charge in [0.15, 0.2) is 0 Å². The van der Waals surface area contributed by atoms with Crippen LogP contribution in [-0.2, 0) is 11.3 Å². The predicted molar refractivity (Wildman–Crippen MR) is 108 cm³/mol. The molecule has 0 unspecified atom stereocenters. The Labute approximate surface area is 157 Å². The fourth-order valence-corrected chi connectivity index (χ4v) is 3.61. The predicted octanol–water partition coefficient (Wildman–Crippen LogP) is 5.33. The Hall–Kier alpha value is -2.72. The minimum Gasteiger partial charge on any atom is -0.462 e. The molecular weight excluding hydrogens is 342 g/mol. The smallest absolute Gasteiger partial charge is 0.339 e. The molecule has 0 aliphatic rings. The van der Waals surface area contributed by atoms with Crippen LogP contribution in [0, 0.1) is 0 Å². The van der Waals surface area contributed by atoms with E-state index in [1.54, 1.807) is 12.1 Å². The summed E-state index contributed by atoms with van der Waals surface area (Å²) < 4.78 is 7.73. The van der Waals surface area contributed by atoms with Gasteiger partial charge in [-0.1, -0.05) is 48.5 Å². The van der Waals surface area contributed by atoms with Gasteiger partial charge in [-0.05, 0) is 30.7 Å². The number of benzene rings is 3. The third kappa shape index (κ3) is 3.08. The summed E-state index contributed by atoms with van der Waals surface area (Å²) in [6.07, 6.45) is 0.753. The highest BCUT2D eigenvalue weighted by molar-refractivity contribution is 7.80. The molecule has 0 N–H and O–H groups in total. The number of aryl methyl sites for hydroxylation is 1. The van der Waals surface area contributed by atoms with Gasteiger partial charge in [0.25, 0.3) is 0 Å². The summed E-state index contributed by atoms with van der Waals surface area (Å²) in [5, 5.41) is 2.51. The van der Waals surface area contributed by atoms with Crippen molar-refractivity contribution in [3.8, 4) is 0 Å².